The fraction of sp³-hybridized carbons (Fsp3) is 0.917. The van der Waals surface area contributed by atoms with Gasteiger partial charge in [-0.05, 0) is 32.1 Å². The lowest BCUT2D eigenvalue weighted by atomic mass is 9.97. The average molecular weight is 248 g/mol. The molecule has 1 saturated heterocycles. The summed E-state index contributed by atoms with van der Waals surface area (Å²) in [6.45, 7) is 7.23. The van der Waals surface area contributed by atoms with Crippen molar-refractivity contribution in [2.45, 2.75) is 38.5 Å². The number of ether oxygens (including phenoxy) is 1. The average Bonchev–Trinajstić information content (AvgIpc) is 2.35. The van der Waals surface area contributed by atoms with Crippen LogP contribution >= 0.6 is 11.6 Å². The summed E-state index contributed by atoms with van der Waals surface area (Å²) < 4.78 is 5.41. The summed E-state index contributed by atoms with van der Waals surface area (Å²) in [6, 6.07) is 0. The summed E-state index contributed by atoms with van der Waals surface area (Å²) in [5.41, 5.74) is 0. The van der Waals surface area contributed by atoms with Gasteiger partial charge in [-0.3, -0.25) is 4.79 Å². The number of hydrogen-bond donors (Lipinski definition) is 0. The van der Waals surface area contributed by atoms with Gasteiger partial charge in [0.25, 0.3) is 0 Å². The topological polar surface area (TPSA) is 29.5 Å². The van der Waals surface area contributed by atoms with Crippen molar-refractivity contribution in [3.8, 4) is 0 Å². The maximum absolute atomic E-state index is 11.8. The van der Waals surface area contributed by atoms with Gasteiger partial charge in [-0.2, -0.15) is 0 Å². The Labute approximate surface area is 103 Å². The van der Waals surface area contributed by atoms with Crippen LogP contribution in [0.5, 0.6) is 0 Å². The molecule has 94 valence electrons. The largest absolute Gasteiger partial charge is 0.381 e. The predicted molar refractivity (Wildman–Crippen MR) is 65.7 cm³/mol. The van der Waals surface area contributed by atoms with Crippen LogP contribution in [0.3, 0.4) is 0 Å². The van der Waals surface area contributed by atoms with Gasteiger partial charge in [0.15, 0.2) is 0 Å². The molecule has 3 nitrogen and oxygen atoms in total. The highest BCUT2D eigenvalue weighted by molar-refractivity contribution is 6.30. The zero-order valence-electron chi connectivity index (χ0n) is 10.2. The molecular weight excluding hydrogens is 226 g/mol. The highest BCUT2D eigenvalue weighted by Crippen LogP contribution is 2.19. The van der Waals surface area contributed by atoms with E-state index in [1.807, 2.05) is 18.7 Å². The number of carbonyl (C=O) groups is 1. The Kier molecular flexibility index (Phi) is 6.14. The van der Waals surface area contributed by atoms with Crippen molar-refractivity contribution in [2.24, 2.45) is 5.92 Å². The van der Waals surface area contributed by atoms with Crippen molar-refractivity contribution in [2.75, 3.05) is 26.3 Å². The third kappa shape index (κ3) is 3.95. The van der Waals surface area contributed by atoms with Crippen molar-refractivity contribution in [1.29, 1.82) is 0 Å². The number of piperidine rings is 1. The second-order valence-electron chi connectivity index (χ2n) is 4.30. The number of amides is 1. The minimum atomic E-state index is -0.344. The van der Waals surface area contributed by atoms with Crippen molar-refractivity contribution >= 4 is 17.5 Å². The Morgan fingerprint density at radius 3 is 2.56 bits per heavy atom. The van der Waals surface area contributed by atoms with E-state index in [4.69, 9.17) is 16.3 Å². The van der Waals surface area contributed by atoms with Crippen LogP contribution < -0.4 is 0 Å². The molecule has 0 aromatic rings. The Morgan fingerprint density at radius 2 is 2.06 bits per heavy atom. The number of likely N-dealkylation sites (tertiary alicyclic amines) is 1. The third-order valence-corrected chi connectivity index (χ3v) is 3.61. The standard InChI is InChI=1S/C12H22ClNO2/c1-3-11(13)12(15)14-7-5-10(6-8-14)9-16-4-2/h10-11H,3-9H2,1-2H3/t11-/m1/s1. The molecule has 1 aliphatic rings. The fourth-order valence-electron chi connectivity index (χ4n) is 1.98. The summed E-state index contributed by atoms with van der Waals surface area (Å²) in [5, 5.41) is -0.344. The maximum Gasteiger partial charge on any atom is 0.240 e. The van der Waals surface area contributed by atoms with E-state index in [0.717, 1.165) is 39.1 Å². The Bertz CT molecular complexity index is 215. The zero-order valence-corrected chi connectivity index (χ0v) is 11.0. The molecule has 1 rings (SSSR count). The second kappa shape index (κ2) is 7.13. The van der Waals surface area contributed by atoms with Crippen LogP contribution in [0.4, 0.5) is 0 Å². The van der Waals surface area contributed by atoms with Crippen molar-refractivity contribution in [3.63, 3.8) is 0 Å². The first kappa shape index (κ1) is 13.8. The van der Waals surface area contributed by atoms with E-state index < -0.39 is 0 Å². The molecule has 0 unspecified atom stereocenters. The first-order valence-corrected chi connectivity index (χ1v) is 6.63. The van der Waals surface area contributed by atoms with Gasteiger partial charge in [0, 0.05) is 26.3 Å². The van der Waals surface area contributed by atoms with Gasteiger partial charge in [-0.1, -0.05) is 6.92 Å². The molecule has 0 aromatic carbocycles. The van der Waals surface area contributed by atoms with Gasteiger partial charge >= 0.3 is 0 Å². The van der Waals surface area contributed by atoms with Crippen LogP contribution in [0.25, 0.3) is 0 Å². The maximum atomic E-state index is 11.8. The number of rotatable bonds is 5. The van der Waals surface area contributed by atoms with Gasteiger partial charge in [0.05, 0.1) is 0 Å². The number of alkyl halides is 1. The molecular formula is C12H22ClNO2. The van der Waals surface area contributed by atoms with Crippen LogP contribution in [0.2, 0.25) is 0 Å². The number of hydrogen-bond acceptors (Lipinski definition) is 2. The lowest BCUT2D eigenvalue weighted by Crippen LogP contribution is -2.42. The summed E-state index contributed by atoms with van der Waals surface area (Å²) in [4.78, 5) is 13.7. The molecule has 0 radical (unpaired) electrons. The lowest BCUT2D eigenvalue weighted by Gasteiger charge is -2.32. The molecule has 1 amide bonds. The van der Waals surface area contributed by atoms with Gasteiger partial charge in [0.2, 0.25) is 5.91 Å². The number of halogens is 1. The molecule has 1 aliphatic heterocycles. The van der Waals surface area contributed by atoms with Gasteiger partial charge in [-0.25, -0.2) is 0 Å². The fourth-order valence-corrected chi connectivity index (χ4v) is 2.12. The van der Waals surface area contributed by atoms with E-state index in [1.165, 1.54) is 0 Å². The van der Waals surface area contributed by atoms with Crippen LogP contribution in [0.1, 0.15) is 33.1 Å². The van der Waals surface area contributed by atoms with E-state index in [-0.39, 0.29) is 11.3 Å². The van der Waals surface area contributed by atoms with E-state index in [1.54, 1.807) is 0 Å². The molecule has 1 atom stereocenters. The molecule has 1 heterocycles. The van der Waals surface area contributed by atoms with Gasteiger partial charge < -0.3 is 9.64 Å². The molecule has 1 fully saturated rings. The van der Waals surface area contributed by atoms with Crippen LogP contribution in [0, 0.1) is 5.92 Å². The zero-order chi connectivity index (χ0) is 12.0. The molecule has 0 aromatic heterocycles. The Morgan fingerprint density at radius 1 is 1.44 bits per heavy atom. The minimum absolute atomic E-state index is 0.0963. The summed E-state index contributed by atoms with van der Waals surface area (Å²) >= 11 is 5.95. The monoisotopic (exact) mass is 247 g/mol. The molecule has 16 heavy (non-hydrogen) atoms. The summed E-state index contributed by atoms with van der Waals surface area (Å²) in [5.74, 6) is 0.707. The molecule has 0 bridgehead atoms. The first-order valence-electron chi connectivity index (χ1n) is 6.19. The highest BCUT2D eigenvalue weighted by atomic mass is 35.5. The normalized spacial score (nSPS) is 19.8. The predicted octanol–water partition coefficient (Wildman–Crippen LogP) is 2.28. The molecule has 0 spiro atoms. The van der Waals surface area contributed by atoms with Crippen LogP contribution in [-0.4, -0.2) is 42.5 Å². The molecule has 0 saturated carbocycles. The second-order valence-corrected chi connectivity index (χ2v) is 4.83. The van der Waals surface area contributed by atoms with Crippen LogP contribution in [0.15, 0.2) is 0 Å². The Hall–Kier alpha value is -0.280. The van der Waals surface area contributed by atoms with E-state index in [0.29, 0.717) is 12.3 Å². The smallest absolute Gasteiger partial charge is 0.240 e. The van der Waals surface area contributed by atoms with E-state index >= 15 is 0 Å². The molecule has 0 aliphatic carbocycles. The summed E-state index contributed by atoms with van der Waals surface area (Å²) in [7, 11) is 0. The van der Waals surface area contributed by atoms with Gasteiger partial charge in [-0.15, -0.1) is 11.6 Å². The van der Waals surface area contributed by atoms with Crippen molar-refractivity contribution < 1.29 is 9.53 Å². The summed E-state index contributed by atoms with van der Waals surface area (Å²) in [6.07, 6.45) is 2.79. The quantitative estimate of drug-likeness (QED) is 0.698. The number of carbonyl (C=O) groups excluding carboxylic acids is 1. The lowest BCUT2D eigenvalue weighted by molar-refractivity contribution is -0.132. The van der Waals surface area contributed by atoms with E-state index in [9.17, 15) is 4.79 Å². The molecule has 4 heteroatoms. The SMILES string of the molecule is CCOCC1CCN(C(=O)[C@H](Cl)CC)CC1. The third-order valence-electron chi connectivity index (χ3n) is 3.11. The molecule has 0 N–H and O–H groups in total. The first-order chi connectivity index (χ1) is 7.69. The highest BCUT2D eigenvalue weighted by Gasteiger charge is 2.26. The van der Waals surface area contributed by atoms with Crippen molar-refractivity contribution in [3.05, 3.63) is 0 Å². The van der Waals surface area contributed by atoms with Gasteiger partial charge in [0.1, 0.15) is 5.38 Å². The minimum Gasteiger partial charge on any atom is -0.381 e. The van der Waals surface area contributed by atoms with E-state index in [2.05, 4.69) is 0 Å². The Balaban J connectivity index is 2.28. The number of nitrogens with zero attached hydrogens (tertiary/aromatic N) is 1. The van der Waals surface area contributed by atoms with Crippen LogP contribution in [-0.2, 0) is 9.53 Å². The van der Waals surface area contributed by atoms with Crippen molar-refractivity contribution in [1.82, 2.24) is 4.90 Å².